The van der Waals surface area contributed by atoms with Gasteiger partial charge in [-0.15, -0.1) is 0 Å². The van der Waals surface area contributed by atoms with Crippen LogP contribution in [0.3, 0.4) is 0 Å². The molecule has 8 heteroatoms. The first kappa shape index (κ1) is 19.9. The number of non-ortho nitro benzene ring substituents is 1. The Morgan fingerprint density at radius 3 is 2.67 bits per heavy atom. The van der Waals surface area contributed by atoms with Crippen LogP contribution in [0.4, 0.5) is 11.5 Å². The van der Waals surface area contributed by atoms with Gasteiger partial charge in [0.15, 0.2) is 11.5 Å². The molecule has 1 unspecified atom stereocenters. The van der Waals surface area contributed by atoms with Crippen molar-refractivity contribution in [3.05, 3.63) is 63.8 Å². The van der Waals surface area contributed by atoms with Gasteiger partial charge in [0.05, 0.1) is 25.2 Å². The Balaban J connectivity index is 1.73. The van der Waals surface area contributed by atoms with E-state index in [-0.39, 0.29) is 16.7 Å². The molecule has 4 rings (SSSR count). The molecule has 156 valence electrons. The zero-order chi connectivity index (χ0) is 21.3. The van der Waals surface area contributed by atoms with Gasteiger partial charge in [-0.2, -0.15) is 0 Å². The summed E-state index contributed by atoms with van der Waals surface area (Å²) in [5.74, 6) is 2.21. The summed E-state index contributed by atoms with van der Waals surface area (Å²) < 4.78 is 10.9. The Morgan fingerprint density at radius 2 is 1.93 bits per heavy atom. The van der Waals surface area contributed by atoms with Gasteiger partial charge in [0.25, 0.3) is 5.69 Å². The number of aromatic nitrogens is 1. The van der Waals surface area contributed by atoms with Crippen LogP contribution in [0.25, 0.3) is 10.8 Å². The highest BCUT2D eigenvalue weighted by atomic mass is 16.6. The number of aryl methyl sites for hydroxylation is 1. The SMILES string of the molecule is COc1cc2cc(C)nc(N3CCNC(c4cccc([N+](=O)[O-])c4)C3)c2cc1OC. The fraction of sp³-hybridized carbons (Fsp3) is 0.318. The van der Waals surface area contributed by atoms with E-state index in [4.69, 9.17) is 14.5 Å². The second-order valence-electron chi connectivity index (χ2n) is 7.32. The highest BCUT2D eigenvalue weighted by Crippen LogP contribution is 2.37. The summed E-state index contributed by atoms with van der Waals surface area (Å²) in [5.41, 5.74) is 1.91. The fourth-order valence-corrected chi connectivity index (χ4v) is 3.95. The molecule has 0 amide bonds. The number of nitro benzene ring substituents is 1. The maximum absolute atomic E-state index is 11.2. The van der Waals surface area contributed by atoms with Gasteiger partial charge in [0.1, 0.15) is 5.82 Å². The van der Waals surface area contributed by atoms with Gasteiger partial charge in [0, 0.05) is 42.8 Å². The first-order chi connectivity index (χ1) is 14.5. The Bertz CT molecular complexity index is 1100. The van der Waals surface area contributed by atoms with Crippen LogP contribution >= 0.6 is 0 Å². The molecule has 1 atom stereocenters. The van der Waals surface area contributed by atoms with Crippen molar-refractivity contribution in [3.63, 3.8) is 0 Å². The van der Waals surface area contributed by atoms with Crippen molar-refractivity contribution in [2.24, 2.45) is 0 Å². The number of pyridine rings is 1. The van der Waals surface area contributed by atoms with Crippen LogP contribution in [-0.2, 0) is 0 Å². The Hall–Kier alpha value is -3.39. The molecule has 1 aromatic heterocycles. The molecule has 1 N–H and O–H groups in total. The van der Waals surface area contributed by atoms with E-state index in [0.717, 1.165) is 40.9 Å². The smallest absolute Gasteiger partial charge is 0.269 e. The topological polar surface area (TPSA) is 89.8 Å². The van der Waals surface area contributed by atoms with E-state index in [1.807, 2.05) is 31.2 Å². The largest absolute Gasteiger partial charge is 0.493 e. The van der Waals surface area contributed by atoms with Gasteiger partial charge in [-0.05, 0) is 36.1 Å². The van der Waals surface area contributed by atoms with Crippen LogP contribution in [0.2, 0.25) is 0 Å². The minimum absolute atomic E-state index is 0.0313. The molecule has 30 heavy (non-hydrogen) atoms. The number of ether oxygens (including phenoxy) is 2. The van der Waals surface area contributed by atoms with Crippen molar-refractivity contribution in [3.8, 4) is 11.5 Å². The van der Waals surface area contributed by atoms with Crippen molar-refractivity contribution in [2.75, 3.05) is 38.8 Å². The lowest BCUT2D eigenvalue weighted by molar-refractivity contribution is -0.384. The van der Waals surface area contributed by atoms with Gasteiger partial charge in [-0.3, -0.25) is 10.1 Å². The number of nitro groups is 1. The zero-order valence-corrected chi connectivity index (χ0v) is 17.2. The van der Waals surface area contributed by atoms with E-state index in [2.05, 4.69) is 10.2 Å². The molecular weight excluding hydrogens is 384 g/mol. The van der Waals surface area contributed by atoms with Gasteiger partial charge >= 0.3 is 0 Å². The lowest BCUT2D eigenvalue weighted by atomic mass is 10.0. The number of anilines is 1. The average Bonchev–Trinajstić information content (AvgIpc) is 2.77. The molecule has 0 saturated carbocycles. The predicted octanol–water partition coefficient (Wildman–Crippen LogP) is 3.62. The van der Waals surface area contributed by atoms with Crippen LogP contribution in [-0.4, -0.2) is 43.8 Å². The molecule has 2 aromatic carbocycles. The Labute approximate surface area is 174 Å². The highest BCUT2D eigenvalue weighted by molar-refractivity contribution is 5.95. The van der Waals surface area contributed by atoms with E-state index in [0.29, 0.717) is 18.0 Å². The van der Waals surface area contributed by atoms with Crippen molar-refractivity contribution < 1.29 is 14.4 Å². The van der Waals surface area contributed by atoms with Crippen molar-refractivity contribution >= 4 is 22.3 Å². The number of methoxy groups -OCH3 is 2. The molecule has 2 heterocycles. The van der Waals surface area contributed by atoms with Crippen molar-refractivity contribution in [1.29, 1.82) is 0 Å². The first-order valence-corrected chi connectivity index (χ1v) is 9.76. The standard InChI is InChI=1S/C22H24N4O4/c1-14-9-16-11-20(29-2)21(30-3)12-18(16)22(24-14)25-8-7-23-19(13-25)15-5-4-6-17(10-15)26(27)28/h4-6,9-12,19,23H,7-8,13H2,1-3H3. The second-order valence-corrected chi connectivity index (χ2v) is 7.32. The maximum Gasteiger partial charge on any atom is 0.269 e. The Kier molecular flexibility index (Phi) is 5.41. The number of nitrogens with one attached hydrogen (secondary N) is 1. The summed E-state index contributed by atoms with van der Waals surface area (Å²) in [5, 5.41) is 16.6. The normalized spacial score (nSPS) is 16.5. The lowest BCUT2D eigenvalue weighted by Crippen LogP contribution is -2.46. The van der Waals surface area contributed by atoms with E-state index < -0.39 is 0 Å². The summed E-state index contributed by atoms with van der Waals surface area (Å²) in [6, 6.07) is 12.7. The number of nitrogens with zero attached hydrogens (tertiary/aromatic N) is 3. The first-order valence-electron chi connectivity index (χ1n) is 9.76. The van der Waals surface area contributed by atoms with E-state index in [9.17, 15) is 10.1 Å². The number of piperazine rings is 1. The molecule has 1 aliphatic heterocycles. The monoisotopic (exact) mass is 408 g/mol. The summed E-state index contributed by atoms with van der Waals surface area (Å²) in [6.45, 7) is 4.16. The molecule has 8 nitrogen and oxygen atoms in total. The van der Waals surface area contributed by atoms with E-state index in [1.165, 1.54) is 6.07 Å². The molecule has 1 aliphatic rings. The maximum atomic E-state index is 11.2. The van der Waals surface area contributed by atoms with Gasteiger partial charge in [-0.1, -0.05) is 12.1 Å². The molecule has 0 aliphatic carbocycles. The molecular formula is C22H24N4O4. The third-order valence-electron chi connectivity index (χ3n) is 5.40. The highest BCUT2D eigenvalue weighted by Gasteiger charge is 2.25. The van der Waals surface area contributed by atoms with Crippen molar-refractivity contribution in [2.45, 2.75) is 13.0 Å². The minimum atomic E-state index is -0.362. The predicted molar refractivity (Wildman–Crippen MR) is 116 cm³/mol. The zero-order valence-electron chi connectivity index (χ0n) is 17.2. The minimum Gasteiger partial charge on any atom is -0.493 e. The molecule has 0 radical (unpaired) electrons. The van der Waals surface area contributed by atoms with Gasteiger partial charge in [-0.25, -0.2) is 4.98 Å². The average molecular weight is 408 g/mol. The molecule has 0 bridgehead atoms. The number of fused-ring (bicyclic) bond motifs is 1. The number of hydrogen-bond acceptors (Lipinski definition) is 7. The lowest BCUT2D eigenvalue weighted by Gasteiger charge is -2.35. The molecule has 0 spiro atoms. The van der Waals surface area contributed by atoms with Crippen LogP contribution in [0.15, 0.2) is 42.5 Å². The van der Waals surface area contributed by atoms with Crippen LogP contribution < -0.4 is 19.7 Å². The van der Waals surface area contributed by atoms with Gasteiger partial charge < -0.3 is 19.7 Å². The third-order valence-corrected chi connectivity index (χ3v) is 5.40. The fourth-order valence-electron chi connectivity index (χ4n) is 3.95. The number of hydrogen-bond donors (Lipinski definition) is 1. The quantitative estimate of drug-likeness (QED) is 0.509. The second kappa shape index (κ2) is 8.16. The molecule has 3 aromatic rings. The number of benzene rings is 2. The molecule has 1 saturated heterocycles. The Morgan fingerprint density at radius 1 is 1.17 bits per heavy atom. The summed E-state index contributed by atoms with van der Waals surface area (Å²) in [6.07, 6.45) is 0. The van der Waals surface area contributed by atoms with Crippen molar-refractivity contribution in [1.82, 2.24) is 10.3 Å². The summed E-state index contributed by atoms with van der Waals surface area (Å²) >= 11 is 0. The number of rotatable bonds is 5. The van der Waals surface area contributed by atoms with E-state index >= 15 is 0 Å². The summed E-state index contributed by atoms with van der Waals surface area (Å²) in [7, 11) is 3.24. The summed E-state index contributed by atoms with van der Waals surface area (Å²) in [4.78, 5) is 17.8. The van der Waals surface area contributed by atoms with E-state index in [1.54, 1.807) is 26.4 Å². The van der Waals surface area contributed by atoms with Gasteiger partial charge in [0.2, 0.25) is 0 Å². The molecule has 1 fully saturated rings. The van der Waals surface area contributed by atoms with Crippen LogP contribution in [0.5, 0.6) is 11.5 Å². The third kappa shape index (κ3) is 3.73. The van der Waals surface area contributed by atoms with Crippen LogP contribution in [0.1, 0.15) is 17.3 Å². The van der Waals surface area contributed by atoms with Crippen LogP contribution in [0, 0.1) is 17.0 Å².